The molecule has 0 aromatic carbocycles. The Morgan fingerprint density at radius 2 is 2.12 bits per heavy atom. The second kappa shape index (κ2) is 6.04. The number of aromatic nitrogens is 6. The number of nitrogens with one attached hydrogen (secondary N) is 1. The van der Waals surface area contributed by atoms with Crippen molar-refractivity contribution in [1.29, 1.82) is 0 Å². The molecule has 120 valence electrons. The first-order valence-corrected chi connectivity index (χ1v) is 8.16. The van der Waals surface area contributed by atoms with E-state index in [1.54, 1.807) is 12.5 Å². The van der Waals surface area contributed by atoms with Crippen LogP contribution in [-0.4, -0.2) is 28.9 Å². The number of halogens is 1. The number of aryl methyl sites for hydroxylation is 1. The molecule has 4 aromatic heterocycles. The summed E-state index contributed by atoms with van der Waals surface area (Å²) in [6, 6.07) is 3.93. The van der Waals surface area contributed by atoms with Crippen LogP contribution in [0.3, 0.4) is 0 Å². The highest BCUT2D eigenvalue weighted by atomic mass is 79.9. The molecule has 0 amide bonds. The van der Waals surface area contributed by atoms with E-state index in [1.165, 1.54) is 6.33 Å². The van der Waals surface area contributed by atoms with E-state index in [-0.39, 0.29) is 0 Å². The first kappa shape index (κ1) is 14.8. The van der Waals surface area contributed by atoms with E-state index in [0.29, 0.717) is 6.54 Å². The zero-order chi connectivity index (χ0) is 16.5. The molecule has 0 bridgehead atoms. The molecule has 0 aliphatic rings. The van der Waals surface area contributed by atoms with Gasteiger partial charge in [-0.3, -0.25) is 4.57 Å². The maximum atomic E-state index is 4.66. The molecule has 0 aliphatic carbocycles. The zero-order valence-corrected chi connectivity index (χ0v) is 14.5. The molecule has 8 heteroatoms. The van der Waals surface area contributed by atoms with Gasteiger partial charge in [-0.2, -0.15) is 0 Å². The van der Waals surface area contributed by atoms with E-state index in [9.17, 15) is 0 Å². The molecule has 1 N–H and O–H groups in total. The molecule has 4 aromatic rings. The van der Waals surface area contributed by atoms with Crippen molar-refractivity contribution in [2.24, 2.45) is 0 Å². The van der Waals surface area contributed by atoms with Crippen molar-refractivity contribution in [3.05, 3.63) is 65.3 Å². The van der Waals surface area contributed by atoms with Gasteiger partial charge in [0.15, 0.2) is 0 Å². The van der Waals surface area contributed by atoms with Crippen LogP contribution in [0.1, 0.15) is 11.3 Å². The van der Waals surface area contributed by atoms with Crippen LogP contribution >= 0.6 is 15.9 Å². The number of imidazole rings is 2. The smallest absolute Gasteiger partial charge is 0.143 e. The third-order valence-corrected chi connectivity index (χ3v) is 4.06. The Morgan fingerprint density at radius 1 is 1.21 bits per heavy atom. The number of rotatable bonds is 4. The summed E-state index contributed by atoms with van der Waals surface area (Å²) in [6.45, 7) is 2.63. The Morgan fingerprint density at radius 3 is 2.96 bits per heavy atom. The lowest BCUT2D eigenvalue weighted by atomic mass is 10.3. The predicted molar refractivity (Wildman–Crippen MR) is 94.1 cm³/mol. The fraction of sp³-hybridized carbons (Fsp3) is 0.125. The predicted octanol–water partition coefficient (Wildman–Crippen LogP) is 2.99. The lowest BCUT2D eigenvalue weighted by Crippen LogP contribution is -2.04. The SMILES string of the molecule is Cc1cc(Br)cn2cc(CNc3cc(-n4ccnc4)ncn3)nc12. The molecule has 0 saturated carbocycles. The summed E-state index contributed by atoms with van der Waals surface area (Å²) >= 11 is 3.51. The van der Waals surface area contributed by atoms with Gasteiger partial charge < -0.3 is 9.72 Å². The molecule has 0 unspecified atom stereocenters. The van der Waals surface area contributed by atoms with Crippen molar-refractivity contribution >= 4 is 27.4 Å². The fourth-order valence-electron chi connectivity index (χ4n) is 2.52. The summed E-state index contributed by atoms with van der Waals surface area (Å²) < 4.78 is 4.89. The minimum Gasteiger partial charge on any atom is -0.364 e. The summed E-state index contributed by atoms with van der Waals surface area (Å²) in [7, 11) is 0. The van der Waals surface area contributed by atoms with Crippen molar-refractivity contribution < 1.29 is 0 Å². The van der Waals surface area contributed by atoms with Crippen LogP contribution in [0.4, 0.5) is 5.82 Å². The van der Waals surface area contributed by atoms with E-state index in [4.69, 9.17) is 0 Å². The van der Waals surface area contributed by atoms with Crippen LogP contribution in [0.15, 0.2) is 54.0 Å². The standard InChI is InChI=1S/C16H14BrN7/c1-11-4-12(17)7-24-8-13(22-16(11)24)6-19-14-5-15(21-9-20-14)23-3-2-18-10-23/h2-5,7-10H,6H2,1H3,(H,19,20,21). The Hall–Kier alpha value is -2.74. The number of pyridine rings is 1. The normalized spacial score (nSPS) is 11.1. The Balaban J connectivity index is 1.55. The zero-order valence-electron chi connectivity index (χ0n) is 12.9. The molecule has 0 saturated heterocycles. The van der Waals surface area contributed by atoms with Crippen LogP contribution in [0.25, 0.3) is 11.5 Å². The second-order valence-corrected chi connectivity index (χ2v) is 6.31. The molecule has 24 heavy (non-hydrogen) atoms. The molecule has 0 spiro atoms. The van der Waals surface area contributed by atoms with Crippen molar-refractivity contribution in [2.45, 2.75) is 13.5 Å². The number of anilines is 1. The van der Waals surface area contributed by atoms with Crippen LogP contribution < -0.4 is 5.32 Å². The molecule has 7 nitrogen and oxygen atoms in total. The minimum atomic E-state index is 0.582. The van der Waals surface area contributed by atoms with Gasteiger partial charge in [0, 0.05) is 35.3 Å². The number of fused-ring (bicyclic) bond motifs is 1. The molecular weight excluding hydrogens is 370 g/mol. The van der Waals surface area contributed by atoms with Crippen molar-refractivity contribution in [3.8, 4) is 5.82 Å². The molecular formula is C16H14BrN7. The van der Waals surface area contributed by atoms with Gasteiger partial charge >= 0.3 is 0 Å². The quantitative estimate of drug-likeness (QED) is 0.586. The maximum Gasteiger partial charge on any atom is 0.143 e. The largest absolute Gasteiger partial charge is 0.364 e. The maximum absolute atomic E-state index is 4.66. The van der Waals surface area contributed by atoms with Gasteiger partial charge in [-0.15, -0.1) is 0 Å². The summed E-state index contributed by atoms with van der Waals surface area (Å²) in [6.07, 6.45) is 10.8. The van der Waals surface area contributed by atoms with E-state index >= 15 is 0 Å². The summed E-state index contributed by atoms with van der Waals surface area (Å²) in [5.74, 6) is 1.50. The monoisotopic (exact) mass is 383 g/mol. The van der Waals surface area contributed by atoms with Gasteiger partial charge in [-0.1, -0.05) is 0 Å². The first-order chi connectivity index (χ1) is 11.7. The third kappa shape index (κ3) is 2.88. The van der Waals surface area contributed by atoms with Crippen molar-refractivity contribution in [3.63, 3.8) is 0 Å². The molecule has 4 heterocycles. The van der Waals surface area contributed by atoms with Crippen LogP contribution in [0, 0.1) is 6.92 Å². The summed E-state index contributed by atoms with van der Waals surface area (Å²) in [5.41, 5.74) is 3.02. The molecule has 0 radical (unpaired) electrons. The van der Waals surface area contributed by atoms with Gasteiger partial charge in [0.2, 0.25) is 0 Å². The van der Waals surface area contributed by atoms with Crippen molar-refractivity contribution in [1.82, 2.24) is 28.9 Å². The van der Waals surface area contributed by atoms with Crippen LogP contribution in [-0.2, 0) is 6.54 Å². The number of hydrogen-bond donors (Lipinski definition) is 1. The van der Waals surface area contributed by atoms with E-state index in [1.807, 2.05) is 40.5 Å². The van der Waals surface area contributed by atoms with E-state index in [0.717, 1.165) is 33.0 Å². The Bertz CT molecular complexity index is 991. The van der Waals surface area contributed by atoms with E-state index in [2.05, 4.69) is 47.2 Å². The number of nitrogens with zero attached hydrogens (tertiary/aromatic N) is 6. The highest BCUT2D eigenvalue weighted by Crippen LogP contribution is 2.18. The van der Waals surface area contributed by atoms with Gasteiger partial charge in [-0.05, 0) is 34.5 Å². The fourth-order valence-corrected chi connectivity index (χ4v) is 3.09. The lowest BCUT2D eigenvalue weighted by Gasteiger charge is -2.05. The molecule has 0 aliphatic heterocycles. The number of hydrogen-bond acceptors (Lipinski definition) is 5. The summed E-state index contributed by atoms with van der Waals surface area (Å²) in [5, 5.41) is 3.29. The second-order valence-electron chi connectivity index (χ2n) is 5.39. The van der Waals surface area contributed by atoms with Crippen LogP contribution in [0.2, 0.25) is 0 Å². The van der Waals surface area contributed by atoms with E-state index < -0.39 is 0 Å². The topological polar surface area (TPSA) is 72.9 Å². The molecule has 0 fully saturated rings. The van der Waals surface area contributed by atoms with Gasteiger partial charge in [0.05, 0.1) is 12.2 Å². The highest BCUT2D eigenvalue weighted by molar-refractivity contribution is 9.10. The van der Waals surface area contributed by atoms with Gasteiger partial charge in [0.25, 0.3) is 0 Å². The Labute approximate surface area is 146 Å². The Kier molecular flexibility index (Phi) is 3.73. The van der Waals surface area contributed by atoms with Gasteiger partial charge in [-0.25, -0.2) is 19.9 Å². The van der Waals surface area contributed by atoms with Gasteiger partial charge in [0.1, 0.15) is 29.9 Å². The minimum absolute atomic E-state index is 0.582. The lowest BCUT2D eigenvalue weighted by molar-refractivity contribution is 0.961. The average molecular weight is 384 g/mol. The highest BCUT2D eigenvalue weighted by Gasteiger charge is 2.06. The van der Waals surface area contributed by atoms with Crippen molar-refractivity contribution in [2.75, 3.05) is 5.32 Å². The molecule has 4 rings (SSSR count). The average Bonchev–Trinajstić information content (AvgIpc) is 3.23. The summed E-state index contributed by atoms with van der Waals surface area (Å²) in [4.78, 5) is 17.2. The van der Waals surface area contributed by atoms with Crippen LogP contribution in [0.5, 0.6) is 0 Å². The molecule has 0 atom stereocenters. The first-order valence-electron chi connectivity index (χ1n) is 7.37. The third-order valence-electron chi connectivity index (χ3n) is 3.62.